The first-order valence-corrected chi connectivity index (χ1v) is 22.7. The van der Waals surface area contributed by atoms with Crippen molar-refractivity contribution in [3.05, 3.63) is 0 Å². The predicted molar refractivity (Wildman–Crippen MR) is 236 cm³/mol. The largest absolute Gasteiger partial charge is 1.00 e. The number of aliphatic hydroxyl groups excluding tert-OH is 1. The van der Waals surface area contributed by atoms with Crippen LogP contribution in [0.2, 0.25) is 63.2 Å². The Morgan fingerprint density at radius 3 is 1.16 bits per heavy atom. The molecule has 16 heteroatoms. The van der Waals surface area contributed by atoms with Crippen molar-refractivity contribution in [1.82, 2.24) is 0 Å². The average molecular weight is 951 g/mol. The molecule has 1 aliphatic rings. The SMILES string of the molecule is CC(C)(C)C(=O)O.CCB(CC)CC.CCB(CC)OCCCBr.CCB(CC)OCCCBr.CC[B-]1(CC)CCCO1.OCCCBr.[H-].[H-].[Na+].[Na+].[Na+]. The Labute approximate surface area is 415 Å². The molecule has 0 aliphatic carbocycles. The summed E-state index contributed by atoms with van der Waals surface area (Å²) in [6.07, 6.45) is 16.5. The number of carboxylic acid groups (broad SMARTS) is 1. The predicted octanol–water partition coefficient (Wildman–Crippen LogP) is 3.69. The molecule has 0 aromatic heterocycles. The summed E-state index contributed by atoms with van der Waals surface area (Å²) in [4.78, 5) is 10.0. The summed E-state index contributed by atoms with van der Waals surface area (Å²) in [5, 5.41) is 19.3. The van der Waals surface area contributed by atoms with E-state index in [2.05, 4.69) is 110 Å². The number of aliphatic hydroxyl groups is 1. The number of alkyl halides is 3. The first kappa shape index (κ1) is 72.6. The second kappa shape index (κ2) is 56.1. The van der Waals surface area contributed by atoms with Crippen molar-refractivity contribution in [2.24, 2.45) is 5.41 Å². The van der Waals surface area contributed by atoms with E-state index in [-0.39, 0.29) is 97.9 Å². The van der Waals surface area contributed by atoms with E-state index in [4.69, 9.17) is 24.2 Å². The Balaban J connectivity index is -0.0000000520. The summed E-state index contributed by atoms with van der Waals surface area (Å²) >= 11 is 9.88. The zero-order valence-electron chi connectivity index (χ0n) is 38.8. The molecule has 294 valence electrons. The minimum atomic E-state index is -0.757. The van der Waals surface area contributed by atoms with Gasteiger partial charge < -0.3 is 27.0 Å². The monoisotopic (exact) mass is 948 g/mol. The van der Waals surface area contributed by atoms with Crippen LogP contribution >= 0.6 is 47.8 Å². The van der Waals surface area contributed by atoms with E-state index in [1.165, 1.54) is 44.3 Å². The fourth-order valence-corrected chi connectivity index (χ4v) is 5.10. The van der Waals surface area contributed by atoms with Gasteiger partial charge in [0.1, 0.15) is 13.1 Å². The van der Waals surface area contributed by atoms with Crippen LogP contribution in [0.3, 0.4) is 0 Å². The van der Waals surface area contributed by atoms with Crippen LogP contribution in [0.25, 0.3) is 0 Å². The molecule has 1 heterocycles. The van der Waals surface area contributed by atoms with E-state index in [1.54, 1.807) is 20.8 Å². The van der Waals surface area contributed by atoms with Crippen LogP contribution in [0.5, 0.6) is 0 Å². The zero-order valence-corrected chi connectivity index (χ0v) is 47.6. The van der Waals surface area contributed by atoms with Crippen molar-refractivity contribution >= 4 is 80.7 Å². The second-order valence-electron chi connectivity index (χ2n) is 13.3. The number of aliphatic carboxylic acids is 1. The Morgan fingerprint density at radius 1 is 0.706 bits per heavy atom. The van der Waals surface area contributed by atoms with E-state index in [9.17, 15) is 4.79 Å². The number of carboxylic acids is 1. The molecule has 0 spiro atoms. The topological polar surface area (TPSA) is 85.2 Å². The fraction of sp³-hybridized carbons (Fsp3) is 0.971. The van der Waals surface area contributed by atoms with Gasteiger partial charge in [-0.2, -0.15) is 19.0 Å². The van der Waals surface area contributed by atoms with E-state index >= 15 is 0 Å². The van der Waals surface area contributed by atoms with E-state index in [0.717, 1.165) is 87.1 Å². The molecule has 2 N–H and O–H groups in total. The number of halogens is 3. The van der Waals surface area contributed by atoms with Gasteiger partial charge in [-0.1, -0.05) is 161 Å². The van der Waals surface area contributed by atoms with E-state index < -0.39 is 11.4 Å². The molecular weight excluding hydrogens is 868 g/mol. The molecule has 6 nitrogen and oxygen atoms in total. The molecule has 51 heavy (non-hydrogen) atoms. The summed E-state index contributed by atoms with van der Waals surface area (Å²) < 4.78 is 16.8. The quantitative estimate of drug-likeness (QED) is 0.117. The van der Waals surface area contributed by atoms with Gasteiger partial charge in [0.05, 0.1) is 5.41 Å². The molecule has 1 rings (SSSR count). The van der Waals surface area contributed by atoms with Crippen molar-refractivity contribution in [2.45, 2.75) is 172 Å². The maximum absolute atomic E-state index is 10.0. The van der Waals surface area contributed by atoms with Crippen LogP contribution in [-0.4, -0.2) is 85.5 Å². The van der Waals surface area contributed by atoms with E-state index in [0.29, 0.717) is 20.4 Å². The fourth-order valence-electron chi connectivity index (χ4n) is 4.39. The van der Waals surface area contributed by atoms with Crippen LogP contribution < -0.4 is 88.7 Å². The van der Waals surface area contributed by atoms with Gasteiger partial charge in [0.2, 0.25) is 0 Å². The molecule has 0 bridgehead atoms. The molecule has 1 saturated heterocycles. The maximum atomic E-state index is 10.0. The minimum absolute atomic E-state index is 0. The zero-order chi connectivity index (χ0) is 38.3. The summed E-state index contributed by atoms with van der Waals surface area (Å²) in [5.41, 5.74) is -0.583. The standard InChI is InChI=1S/2C7H16BBrO.C7H16BO.C6H15B.C5H10O2.C3H7BrO.3Na.2H/c2*1-3-8(4-2)10-7-5-6-9;1-3-8(4-2)6-5-7-9-8;1-4-7(5-2)6-3;1-5(2,3)4(6)7;4-2-1-3-5;;;;;/h2*3-7H2,1-2H3;3-7H2,1-2H3;4-6H2,1-3H3;1-3H3,(H,6,7);5H,1-3H2;;;;;/q;;-1;;;;3*+1;2*-1. The first-order valence-electron chi connectivity index (χ1n) is 19.3. The summed E-state index contributed by atoms with van der Waals surface area (Å²) in [6.45, 7) is 30.0. The number of rotatable bonds is 19. The van der Waals surface area contributed by atoms with Crippen LogP contribution in [0.15, 0.2) is 0 Å². The molecule has 0 aromatic rings. The maximum Gasteiger partial charge on any atom is 1.00 e. The number of hydrogen-bond donors (Lipinski definition) is 2. The Morgan fingerprint density at radius 2 is 1.04 bits per heavy atom. The third-order valence-electron chi connectivity index (χ3n) is 8.58. The van der Waals surface area contributed by atoms with Crippen molar-refractivity contribution in [3.63, 3.8) is 0 Å². The Hall–Kier alpha value is 4.01. The van der Waals surface area contributed by atoms with Crippen molar-refractivity contribution in [3.8, 4) is 0 Å². The molecule has 1 fully saturated rings. The van der Waals surface area contributed by atoms with Crippen molar-refractivity contribution in [2.75, 3.05) is 42.4 Å². The third-order valence-corrected chi connectivity index (χ3v) is 10.3. The average Bonchev–Trinajstić information content (AvgIpc) is 3.57. The number of carbonyl (C=O) groups is 1. The third kappa shape index (κ3) is 56.1. The first-order chi connectivity index (χ1) is 22.7. The van der Waals surface area contributed by atoms with Gasteiger partial charge in [-0.25, -0.2) is 0 Å². The molecule has 0 atom stereocenters. The summed E-state index contributed by atoms with van der Waals surface area (Å²) in [6, 6.07) is 0. The normalized spacial score (nSPS) is 11.8. The molecule has 0 unspecified atom stereocenters. The molecule has 0 aromatic carbocycles. The van der Waals surface area contributed by atoms with Gasteiger partial charge in [-0.3, -0.25) is 4.79 Å². The van der Waals surface area contributed by atoms with Crippen LogP contribution in [0.4, 0.5) is 0 Å². The molecule has 1 aliphatic heterocycles. The van der Waals surface area contributed by atoms with Gasteiger partial charge in [-0.15, -0.1) is 0 Å². The smallest absolute Gasteiger partial charge is 1.00 e. The molecule has 0 saturated carbocycles. The van der Waals surface area contributed by atoms with Crippen molar-refractivity contribution in [1.29, 1.82) is 0 Å². The van der Waals surface area contributed by atoms with Crippen LogP contribution in [0.1, 0.15) is 112 Å². The van der Waals surface area contributed by atoms with Crippen LogP contribution in [0, 0.1) is 5.41 Å². The van der Waals surface area contributed by atoms with Gasteiger partial charge >= 0.3 is 94.6 Å². The van der Waals surface area contributed by atoms with Gasteiger partial charge in [0, 0.05) is 35.8 Å². The number of hydrogen-bond acceptors (Lipinski definition) is 5. The molecular formula is C35H82B4Br3Na3O6. The molecule has 0 amide bonds. The van der Waals surface area contributed by atoms with Crippen molar-refractivity contribution < 1.29 is 120 Å². The Bertz CT molecular complexity index is 603. The van der Waals surface area contributed by atoms with Gasteiger partial charge in [-0.05, 0) is 46.6 Å². The summed E-state index contributed by atoms with van der Waals surface area (Å²) in [7, 11) is 0. The Kier molecular flexibility index (Phi) is 79.9. The second-order valence-corrected chi connectivity index (χ2v) is 15.7. The van der Waals surface area contributed by atoms with Gasteiger partial charge in [0.25, 0.3) is 13.8 Å². The van der Waals surface area contributed by atoms with E-state index in [1.807, 2.05) is 0 Å². The summed E-state index contributed by atoms with van der Waals surface area (Å²) in [5.74, 6) is -0.757. The van der Waals surface area contributed by atoms with Gasteiger partial charge in [0.15, 0.2) is 0 Å². The minimum Gasteiger partial charge on any atom is -1.00 e. The molecule has 0 radical (unpaired) electrons. The van der Waals surface area contributed by atoms with Crippen LogP contribution in [-0.2, 0) is 18.8 Å².